The summed E-state index contributed by atoms with van der Waals surface area (Å²) in [5, 5.41) is 29.5. The van der Waals surface area contributed by atoms with E-state index in [1.807, 2.05) is 0 Å². The van der Waals surface area contributed by atoms with Gasteiger partial charge in [-0.05, 0) is 18.8 Å². The Balaban J connectivity index is 2.19. The number of aliphatic hydroxyl groups is 1. The molecule has 0 aromatic heterocycles. The Morgan fingerprint density at radius 2 is 2.00 bits per heavy atom. The van der Waals surface area contributed by atoms with Gasteiger partial charge in [-0.25, -0.2) is 4.79 Å². The number of aliphatic carboxylic acids is 2. The van der Waals surface area contributed by atoms with Crippen LogP contribution in [0.1, 0.15) is 12.8 Å². The first-order valence-corrected chi connectivity index (χ1v) is 6.00. The molecule has 0 aromatic rings. The van der Waals surface area contributed by atoms with Crippen LogP contribution >= 0.6 is 0 Å². The van der Waals surface area contributed by atoms with Crippen LogP contribution in [0, 0.1) is 17.8 Å². The highest BCUT2D eigenvalue weighted by atomic mass is 16.4. The molecule has 2 rings (SSSR count). The summed E-state index contributed by atoms with van der Waals surface area (Å²) < 4.78 is 0. The summed E-state index contributed by atoms with van der Waals surface area (Å²) >= 11 is 0. The van der Waals surface area contributed by atoms with Crippen molar-refractivity contribution in [2.75, 3.05) is 6.61 Å². The Labute approximate surface area is 108 Å². The number of nitrogens with two attached hydrogens (primary N) is 1. The van der Waals surface area contributed by atoms with Gasteiger partial charge in [-0.2, -0.15) is 0 Å². The first kappa shape index (κ1) is 13.8. The van der Waals surface area contributed by atoms with Gasteiger partial charge in [0.1, 0.15) is 11.6 Å². The van der Waals surface area contributed by atoms with Crippen LogP contribution in [0.5, 0.6) is 0 Å². The summed E-state index contributed by atoms with van der Waals surface area (Å²) in [5.74, 6) is -4.60. The second-order valence-corrected chi connectivity index (χ2v) is 5.15. The summed E-state index contributed by atoms with van der Waals surface area (Å²) in [7, 11) is 0. The van der Waals surface area contributed by atoms with E-state index >= 15 is 0 Å². The van der Waals surface area contributed by atoms with Gasteiger partial charge in [0.15, 0.2) is 0 Å². The Morgan fingerprint density at radius 1 is 1.37 bits per heavy atom. The van der Waals surface area contributed by atoms with Crippen LogP contribution in [0.2, 0.25) is 0 Å². The van der Waals surface area contributed by atoms with E-state index in [1.54, 1.807) is 0 Å². The Bertz CT molecular complexity index is 439. The lowest BCUT2D eigenvalue weighted by Crippen LogP contribution is -2.59. The number of carbonyl (C=O) groups excluding carboxylic acids is 1. The Morgan fingerprint density at radius 3 is 2.42 bits per heavy atom. The molecule has 106 valence electrons. The topological polar surface area (TPSA) is 150 Å². The number of carboxylic acids is 2. The smallest absolute Gasteiger partial charge is 0.329 e. The quantitative estimate of drug-likeness (QED) is 0.388. The average Bonchev–Trinajstić information content (AvgIpc) is 2.98. The van der Waals surface area contributed by atoms with Crippen molar-refractivity contribution in [3.05, 3.63) is 0 Å². The molecule has 0 aliphatic heterocycles. The first-order valence-electron chi connectivity index (χ1n) is 6.00. The largest absolute Gasteiger partial charge is 0.481 e. The zero-order valence-corrected chi connectivity index (χ0v) is 10.1. The van der Waals surface area contributed by atoms with Gasteiger partial charge in [-0.1, -0.05) is 0 Å². The van der Waals surface area contributed by atoms with E-state index in [0.29, 0.717) is 6.42 Å². The third-order valence-electron chi connectivity index (χ3n) is 4.16. The van der Waals surface area contributed by atoms with Gasteiger partial charge < -0.3 is 26.4 Å². The number of fused-ring (bicyclic) bond motifs is 1. The zero-order chi connectivity index (χ0) is 14.4. The number of amides is 1. The van der Waals surface area contributed by atoms with Gasteiger partial charge >= 0.3 is 11.9 Å². The molecule has 0 aromatic carbocycles. The van der Waals surface area contributed by atoms with E-state index in [0.717, 1.165) is 0 Å². The fourth-order valence-electron chi connectivity index (χ4n) is 3.15. The van der Waals surface area contributed by atoms with Gasteiger partial charge in [0.05, 0.1) is 12.5 Å². The summed E-state index contributed by atoms with van der Waals surface area (Å²) in [6.07, 6.45) is 0.633. The molecule has 1 amide bonds. The summed E-state index contributed by atoms with van der Waals surface area (Å²) in [6, 6.07) is -1.21. The maximum Gasteiger partial charge on any atom is 0.329 e. The van der Waals surface area contributed by atoms with E-state index in [9.17, 15) is 19.5 Å². The molecular weight excluding hydrogens is 256 g/mol. The monoisotopic (exact) mass is 272 g/mol. The first-order chi connectivity index (χ1) is 8.85. The van der Waals surface area contributed by atoms with Crippen molar-refractivity contribution in [1.82, 2.24) is 5.32 Å². The van der Waals surface area contributed by atoms with Gasteiger partial charge in [0, 0.05) is 5.92 Å². The third-order valence-corrected chi connectivity index (χ3v) is 4.16. The fourth-order valence-corrected chi connectivity index (χ4v) is 3.15. The predicted molar refractivity (Wildman–Crippen MR) is 60.9 cm³/mol. The molecule has 0 radical (unpaired) electrons. The molecule has 8 nitrogen and oxygen atoms in total. The number of carboxylic acid groups (broad SMARTS) is 2. The standard InChI is InChI=1S/C11H16N2O6/c12-5(3-14)8(15)13-11(10(18)19)2-1-4-6(7(4)11)9(16)17/h4-7,14H,1-3,12H2,(H,13,15)(H,16,17)(H,18,19)/t4-,5-,6-,7-,11-/m0/s1. The molecule has 2 fully saturated rings. The highest BCUT2D eigenvalue weighted by Crippen LogP contribution is 2.62. The Hall–Kier alpha value is -1.67. The van der Waals surface area contributed by atoms with Crippen LogP contribution in [-0.4, -0.2) is 51.4 Å². The molecule has 0 unspecified atom stereocenters. The average molecular weight is 272 g/mol. The molecule has 2 saturated carbocycles. The van der Waals surface area contributed by atoms with Crippen LogP contribution in [0.25, 0.3) is 0 Å². The van der Waals surface area contributed by atoms with Crippen LogP contribution in [0.4, 0.5) is 0 Å². The van der Waals surface area contributed by atoms with Crippen LogP contribution in [0.15, 0.2) is 0 Å². The van der Waals surface area contributed by atoms with Crippen molar-refractivity contribution in [3.8, 4) is 0 Å². The minimum absolute atomic E-state index is 0.186. The number of hydrogen-bond donors (Lipinski definition) is 5. The van der Waals surface area contributed by atoms with Crippen molar-refractivity contribution >= 4 is 17.8 Å². The maximum absolute atomic E-state index is 11.7. The molecule has 2 aliphatic rings. The SMILES string of the molecule is N[C@@H](CO)C(=O)N[C@@]1(C(=O)O)CC[C@H]2[C@H](C(=O)O)[C@H]21. The van der Waals surface area contributed by atoms with Crippen molar-refractivity contribution in [2.24, 2.45) is 23.5 Å². The van der Waals surface area contributed by atoms with E-state index in [-0.39, 0.29) is 12.3 Å². The van der Waals surface area contributed by atoms with Gasteiger partial charge in [-0.15, -0.1) is 0 Å². The lowest BCUT2D eigenvalue weighted by Gasteiger charge is -2.29. The minimum atomic E-state index is -1.57. The number of nitrogens with one attached hydrogen (secondary N) is 1. The van der Waals surface area contributed by atoms with Crippen molar-refractivity contribution < 1.29 is 29.7 Å². The molecule has 0 heterocycles. The van der Waals surface area contributed by atoms with Crippen molar-refractivity contribution in [2.45, 2.75) is 24.4 Å². The highest BCUT2D eigenvalue weighted by Gasteiger charge is 2.72. The summed E-state index contributed by atoms with van der Waals surface area (Å²) in [4.78, 5) is 34.1. The second kappa shape index (κ2) is 4.46. The lowest BCUT2D eigenvalue weighted by molar-refractivity contribution is -0.150. The van der Waals surface area contributed by atoms with E-state index in [1.165, 1.54) is 0 Å². The van der Waals surface area contributed by atoms with E-state index in [2.05, 4.69) is 5.32 Å². The number of aliphatic hydroxyl groups excluding tert-OH is 1. The van der Waals surface area contributed by atoms with Crippen molar-refractivity contribution in [1.29, 1.82) is 0 Å². The number of carbonyl (C=O) groups is 3. The molecule has 5 atom stereocenters. The van der Waals surface area contributed by atoms with E-state index in [4.69, 9.17) is 15.9 Å². The maximum atomic E-state index is 11.7. The van der Waals surface area contributed by atoms with Crippen LogP contribution < -0.4 is 11.1 Å². The fraction of sp³-hybridized carbons (Fsp3) is 0.727. The molecular formula is C11H16N2O6. The Kier molecular flexibility index (Phi) is 3.23. The molecule has 0 bridgehead atoms. The second-order valence-electron chi connectivity index (χ2n) is 5.15. The summed E-state index contributed by atoms with van der Waals surface area (Å²) in [6.45, 7) is -0.599. The summed E-state index contributed by atoms with van der Waals surface area (Å²) in [5.41, 5.74) is 3.76. The van der Waals surface area contributed by atoms with E-state index < -0.39 is 47.9 Å². The normalized spacial score (nSPS) is 37.3. The van der Waals surface area contributed by atoms with Crippen molar-refractivity contribution in [3.63, 3.8) is 0 Å². The van der Waals surface area contributed by atoms with Crippen LogP contribution in [-0.2, 0) is 14.4 Å². The molecule has 8 heteroatoms. The highest BCUT2D eigenvalue weighted by molar-refractivity contribution is 5.92. The van der Waals surface area contributed by atoms with Gasteiger partial charge in [0.2, 0.25) is 5.91 Å². The van der Waals surface area contributed by atoms with Gasteiger partial charge in [-0.3, -0.25) is 9.59 Å². The zero-order valence-electron chi connectivity index (χ0n) is 10.1. The molecule has 2 aliphatic carbocycles. The molecule has 0 saturated heterocycles. The number of hydrogen-bond acceptors (Lipinski definition) is 5. The minimum Gasteiger partial charge on any atom is -0.481 e. The molecule has 0 spiro atoms. The predicted octanol–water partition coefficient (Wildman–Crippen LogP) is -2.01. The number of rotatable bonds is 5. The molecule has 6 N–H and O–H groups in total. The third kappa shape index (κ3) is 1.96. The van der Waals surface area contributed by atoms with Gasteiger partial charge in [0.25, 0.3) is 0 Å². The molecule has 19 heavy (non-hydrogen) atoms. The lowest BCUT2D eigenvalue weighted by atomic mass is 9.90. The van der Waals surface area contributed by atoms with Crippen LogP contribution in [0.3, 0.4) is 0 Å².